The summed E-state index contributed by atoms with van der Waals surface area (Å²) in [6, 6.07) is 5.65. The van der Waals surface area contributed by atoms with E-state index < -0.39 is 12.3 Å². The smallest absolute Gasteiger partial charge is 0.481 e. The van der Waals surface area contributed by atoms with E-state index in [4.69, 9.17) is 5.11 Å². The molecule has 1 aliphatic heterocycles. The Kier molecular flexibility index (Phi) is 6.49. The topological polar surface area (TPSA) is 49.8 Å². The number of ether oxygens (including phenoxy) is 1. The van der Waals surface area contributed by atoms with Crippen LogP contribution in [0, 0.1) is 5.92 Å². The van der Waals surface area contributed by atoms with Crippen molar-refractivity contribution in [3.05, 3.63) is 29.8 Å². The van der Waals surface area contributed by atoms with E-state index in [0.717, 1.165) is 18.5 Å². The molecule has 0 radical (unpaired) electrons. The SMILES string of the molecule is Cl.O=C(O)C1CCCN(Cc2ccc(OC(F)(F)F)cc2)C1. The fraction of sp³-hybridized carbons (Fsp3) is 0.500. The van der Waals surface area contributed by atoms with E-state index in [9.17, 15) is 18.0 Å². The van der Waals surface area contributed by atoms with E-state index in [0.29, 0.717) is 19.5 Å². The lowest BCUT2D eigenvalue weighted by Gasteiger charge is -2.30. The van der Waals surface area contributed by atoms with E-state index in [2.05, 4.69) is 4.74 Å². The van der Waals surface area contributed by atoms with Crippen molar-refractivity contribution >= 4 is 18.4 Å². The lowest BCUT2D eigenvalue weighted by Crippen LogP contribution is -2.38. The van der Waals surface area contributed by atoms with Gasteiger partial charge in [-0.05, 0) is 37.1 Å². The maximum absolute atomic E-state index is 12.0. The minimum atomic E-state index is -4.69. The number of likely N-dealkylation sites (tertiary alicyclic amines) is 1. The molecule has 0 spiro atoms. The number of halogens is 4. The number of hydrogen-bond donors (Lipinski definition) is 1. The summed E-state index contributed by atoms with van der Waals surface area (Å²) in [5, 5.41) is 9.02. The maximum atomic E-state index is 12.0. The van der Waals surface area contributed by atoms with Gasteiger partial charge in [0.15, 0.2) is 0 Å². The van der Waals surface area contributed by atoms with Crippen LogP contribution in [-0.2, 0) is 11.3 Å². The predicted molar refractivity (Wildman–Crippen MR) is 76.0 cm³/mol. The minimum absolute atomic E-state index is 0. The molecule has 22 heavy (non-hydrogen) atoms. The summed E-state index contributed by atoms with van der Waals surface area (Å²) in [4.78, 5) is 13.0. The first-order valence-corrected chi connectivity index (χ1v) is 6.63. The Balaban J connectivity index is 0.00000242. The van der Waals surface area contributed by atoms with E-state index >= 15 is 0 Å². The van der Waals surface area contributed by atoms with Crippen LogP contribution in [-0.4, -0.2) is 35.4 Å². The molecular weight excluding hydrogens is 323 g/mol. The number of carboxylic acids is 1. The molecule has 8 heteroatoms. The summed E-state index contributed by atoms with van der Waals surface area (Å²) in [6.45, 7) is 1.79. The number of carbonyl (C=O) groups is 1. The average Bonchev–Trinajstić information content (AvgIpc) is 2.40. The van der Waals surface area contributed by atoms with Gasteiger partial charge in [0.05, 0.1) is 5.92 Å². The van der Waals surface area contributed by atoms with Crippen molar-refractivity contribution < 1.29 is 27.8 Å². The third-order valence-corrected chi connectivity index (χ3v) is 3.42. The van der Waals surface area contributed by atoms with Crippen molar-refractivity contribution in [3.8, 4) is 5.75 Å². The largest absolute Gasteiger partial charge is 0.573 e. The Hall–Kier alpha value is -1.47. The van der Waals surface area contributed by atoms with E-state index in [-0.39, 0.29) is 24.1 Å². The van der Waals surface area contributed by atoms with Gasteiger partial charge >= 0.3 is 12.3 Å². The Bertz CT molecular complexity index is 493. The first-order valence-electron chi connectivity index (χ1n) is 6.63. The number of piperidine rings is 1. The summed E-state index contributed by atoms with van der Waals surface area (Å²) in [6.07, 6.45) is -3.21. The molecule has 0 bridgehead atoms. The highest BCUT2D eigenvalue weighted by molar-refractivity contribution is 5.85. The number of alkyl halides is 3. The molecule has 1 saturated heterocycles. The molecule has 0 aliphatic carbocycles. The standard InChI is InChI=1S/C14H16F3NO3.ClH/c15-14(16,17)21-12-5-3-10(4-6-12)8-18-7-1-2-11(9-18)13(19)20;/h3-6,11H,1-2,7-9H2,(H,19,20);1H. The van der Waals surface area contributed by atoms with Gasteiger partial charge in [-0.2, -0.15) is 0 Å². The molecule has 1 fully saturated rings. The molecule has 1 N–H and O–H groups in total. The molecule has 1 atom stereocenters. The highest BCUT2D eigenvalue weighted by Gasteiger charge is 2.31. The third-order valence-electron chi connectivity index (χ3n) is 3.42. The van der Waals surface area contributed by atoms with Crippen LogP contribution < -0.4 is 4.74 Å². The van der Waals surface area contributed by atoms with Gasteiger partial charge in [-0.3, -0.25) is 9.69 Å². The molecule has 2 rings (SSSR count). The second-order valence-electron chi connectivity index (χ2n) is 5.10. The third kappa shape index (κ3) is 5.73. The molecule has 1 aromatic carbocycles. The van der Waals surface area contributed by atoms with Crippen molar-refractivity contribution in [1.82, 2.24) is 4.90 Å². The molecule has 0 amide bonds. The quantitative estimate of drug-likeness (QED) is 0.914. The molecule has 0 saturated carbocycles. The summed E-state index contributed by atoms with van der Waals surface area (Å²) < 4.78 is 39.9. The second kappa shape index (κ2) is 7.69. The normalized spacial score (nSPS) is 19.3. The highest BCUT2D eigenvalue weighted by Crippen LogP contribution is 2.24. The lowest BCUT2D eigenvalue weighted by atomic mass is 9.98. The minimum Gasteiger partial charge on any atom is -0.481 e. The molecule has 4 nitrogen and oxygen atoms in total. The zero-order valence-electron chi connectivity index (χ0n) is 11.7. The summed E-state index contributed by atoms with van der Waals surface area (Å²) in [7, 11) is 0. The fourth-order valence-corrected chi connectivity index (χ4v) is 2.46. The average molecular weight is 340 g/mol. The van der Waals surface area contributed by atoms with Crippen molar-refractivity contribution in [2.75, 3.05) is 13.1 Å². The van der Waals surface area contributed by atoms with Crippen LogP contribution in [0.25, 0.3) is 0 Å². The molecule has 1 aliphatic rings. The number of aliphatic carboxylic acids is 1. The fourth-order valence-electron chi connectivity index (χ4n) is 2.46. The second-order valence-corrected chi connectivity index (χ2v) is 5.10. The zero-order chi connectivity index (χ0) is 15.5. The highest BCUT2D eigenvalue weighted by atomic mass is 35.5. The molecular formula is C14H17ClF3NO3. The predicted octanol–water partition coefficient (Wildman–Crippen LogP) is 3.30. The Morgan fingerprint density at radius 3 is 2.50 bits per heavy atom. The Morgan fingerprint density at radius 1 is 1.32 bits per heavy atom. The van der Waals surface area contributed by atoms with Crippen LogP contribution in [0.2, 0.25) is 0 Å². The van der Waals surface area contributed by atoms with Crippen molar-refractivity contribution in [2.24, 2.45) is 5.92 Å². The van der Waals surface area contributed by atoms with Crippen molar-refractivity contribution in [1.29, 1.82) is 0 Å². The van der Waals surface area contributed by atoms with Gasteiger partial charge < -0.3 is 9.84 Å². The molecule has 1 aromatic rings. The van der Waals surface area contributed by atoms with E-state index in [1.807, 2.05) is 4.90 Å². The summed E-state index contributed by atoms with van der Waals surface area (Å²) in [5.41, 5.74) is 0.829. The molecule has 124 valence electrons. The van der Waals surface area contributed by atoms with Gasteiger partial charge in [-0.15, -0.1) is 25.6 Å². The van der Waals surface area contributed by atoms with Crippen LogP contribution in [0.4, 0.5) is 13.2 Å². The van der Waals surface area contributed by atoms with Gasteiger partial charge in [0.2, 0.25) is 0 Å². The van der Waals surface area contributed by atoms with Gasteiger partial charge in [-0.1, -0.05) is 12.1 Å². The number of hydrogen-bond acceptors (Lipinski definition) is 3. The Labute approximate surface area is 132 Å². The Morgan fingerprint density at radius 2 is 1.95 bits per heavy atom. The van der Waals surface area contributed by atoms with Crippen molar-refractivity contribution in [3.63, 3.8) is 0 Å². The molecule has 1 unspecified atom stereocenters. The van der Waals surface area contributed by atoms with Crippen molar-refractivity contribution in [2.45, 2.75) is 25.7 Å². The number of benzene rings is 1. The molecule has 1 heterocycles. The van der Waals surface area contributed by atoms with Crippen LogP contribution in [0.3, 0.4) is 0 Å². The first kappa shape index (κ1) is 18.6. The zero-order valence-corrected chi connectivity index (χ0v) is 12.5. The summed E-state index contributed by atoms with van der Waals surface area (Å²) >= 11 is 0. The van der Waals surface area contributed by atoms with Crippen LogP contribution in [0.15, 0.2) is 24.3 Å². The maximum Gasteiger partial charge on any atom is 0.573 e. The number of rotatable bonds is 4. The van der Waals surface area contributed by atoms with Gasteiger partial charge in [0, 0.05) is 13.1 Å². The van der Waals surface area contributed by atoms with Crippen LogP contribution in [0.1, 0.15) is 18.4 Å². The van der Waals surface area contributed by atoms with Crippen LogP contribution >= 0.6 is 12.4 Å². The van der Waals surface area contributed by atoms with Crippen LogP contribution in [0.5, 0.6) is 5.75 Å². The van der Waals surface area contributed by atoms with Gasteiger partial charge in [-0.25, -0.2) is 0 Å². The lowest BCUT2D eigenvalue weighted by molar-refractivity contribution is -0.274. The molecule has 0 aromatic heterocycles. The first-order chi connectivity index (χ1) is 9.83. The van der Waals surface area contributed by atoms with E-state index in [1.54, 1.807) is 12.1 Å². The van der Waals surface area contributed by atoms with E-state index in [1.165, 1.54) is 12.1 Å². The summed E-state index contributed by atoms with van der Waals surface area (Å²) in [5.74, 6) is -1.42. The number of carboxylic acid groups (broad SMARTS) is 1. The number of nitrogens with zero attached hydrogens (tertiary/aromatic N) is 1. The monoisotopic (exact) mass is 339 g/mol. The van der Waals surface area contributed by atoms with Gasteiger partial charge in [0.1, 0.15) is 5.75 Å². The van der Waals surface area contributed by atoms with Gasteiger partial charge in [0.25, 0.3) is 0 Å².